The van der Waals surface area contributed by atoms with Crippen molar-refractivity contribution in [1.82, 2.24) is 5.32 Å². The molecule has 17 heavy (non-hydrogen) atoms. The third-order valence-electron chi connectivity index (χ3n) is 3.39. The second-order valence-corrected chi connectivity index (χ2v) is 4.95. The summed E-state index contributed by atoms with van der Waals surface area (Å²) in [4.78, 5) is 12.0. The molecule has 0 radical (unpaired) electrons. The lowest BCUT2D eigenvalue weighted by atomic mass is 9.78. The Morgan fingerprint density at radius 2 is 2.24 bits per heavy atom. The molecule has 1 aromatic carbocycles. The summed E-state index contributed by atoms with van der Waals surface area (Å²) in [6.45, 7) is 1.79. The highest BCUT2D eigenvalue weighted by Crippen LogP contribution is 2.33. The molecule has 1 aliphatic carbocycles. The van der Waals surface area contributed by atoms with Gasteiger partial charge in [0.25, 0.3) is 5.91 Å². The van der Waals surface area contributed by atoms with E-state index in [4.69, 9.17) is 11.6 Å². The van der Waals surface area contributed by atoms with E-state index in [9.17, 15) is 9.18 Å². The largest absolute Gasteiger partial charge is 0.345 e. The van der Waals surface area contributed by atoms with Crippen LogP contribution in [0.3, 0.4) is 0 Å². The number of rotatable bonds is 3. The van der Waals surface area contributed by atoms with Crippen LogP contribution >= 0.6 is 11.6 Å². The Bertz CT molecular complexity index is 438. The number of aryl methyl sites for hydroxylation is 1. The third kappa shape index (κ3) is 2.44. The topological polar surface area (TPSA) is 29.1 Å². The molecular formula is C13H15ClFNO. The average molecular weight is 256 g/mol. The van der Waals surface area contributed by atoms with Crippen molar-refractivity contribution in [3.63, 3.8) is 0 Å². The molecule has 0 aliphatic heterocycles. The highest BCUT2D eigenvalue weighted by atomic mass is 35.5. The van der Waals surface area contributed by atoms with Crippen molar-refractivity contribution in [3.05, 3.63) is 35.1 Å². The number of halogens is 2. The molecule has 0 saturated heterocycles. The molecule has 1 aliphatic rings. The number of carbonyl (C=O) groups excluding carboxylic acids is 1. The van der Waals surface area contributed by atoms with Crippen LogP contribution in [0.4, 0.5) is 4.39 Å². The Labute approximate surface area is 105 Å². The summed E-state index contributed by atoms with van der Waals surface area (Å²) in [7, 11) is 0. The molecule has 4 heteroatoms. The molecular weight excluding hydrogens is 241 g/mol. The van der Waals surface area contributed by atoms with E-state index >= 15 is 0 Å². The number of amides is 1. The molecule has 0 unspecified atom stereocenters. The lowest BCUT2D eigenvalue weighted by Gasteiger charge is -2.41. The summed E-state index contributed by atoms with van der Waals surface area (Å²) in [5.41, 5.74) is 0.881. The van der Waals surface area contributed by atoms with E-state index in [1.807, 2.05) is 0 Å². The first kappa shape index (κ1) is 12.4. The minimum Gasteiger partial charge on any atom is -0.345 e. The number of alkyl halides is 1. The van der Waals surface area contributed by atoms with E-state index < -0.39 is 5.82 Å². The fraction of sp³-hybridized carbons (Fsp3) is 0.462. The van der Waals surface area contributed by atoms with E-state index in [0.29, 0.717) is 11.4 Å². The van der Waals surface area contributed by atoms with Gasteiger partial charge in [-0.15, -0.1) is 11.6 Å². The maximum Gasteiger partial charge on any atom is 0.252 e. The van der Waals surface area contributed by atoms with Gasteiger partial charge >= 0.3 is 0 Å². The predicted molar refractivity (Wildman–Crippen MR) is 65.9 cm³/mol. The fourth-order valence-corrected chi connectivity index (χ4v) is 2.38. The molecule has 0 bridgehead atoms. The Kier molecular flexibility index (Phi) is 3.38. The van der Waals surface area contributed by atoms with Gasteiger partial charge in [0.1, 0.15) is 5.82 Å². The summed E-state index contributed by atoms with van der Waals surface area (Å²) >= 11 is 5.87. The van der Waals surface area contributed by atoms with Crippen LogP contribution in [-0.4, -0.2) is 17.3 Å². The van der Waals surface area contributed by atoms with Crippen molar-refractivity contribution in [2.75, 3.05) is 5.88 Å². The molecule has 1 N–H and O–H groups in total. The van der Waals surface area contributed by atoms with Crippen LogP contribution < -0.4 is 5.32 Å². The zero-order valence-electron chi connectivity index (χ0n) is 9.72. The third-order valence-corrected chi connectivity index (χ3v) is 3.90. The second kappa shape index (κ2) is 4.65. The number of hydrogen-bond donors (Lipinski definition) is 1. The van der Waals surface area contributed by atoms with Gasteiger partial charge in [-0.25, -0.2) is 4.39 Å². The Morgan fingerprint density at radius 1 is 1.53 bits per heavy atom. The highest BCUT2D eigenvalue weighted by molar-refractivity contribution is 6.19. The van der Waals surface area contributed by atoms with E-state index in [1.54, 1.807) is 13.0 Å². The Balaban J connectivity index is 2.17. The van der Waals surface area contributed by atoms with E-state index in [0.717, 1.165) is 24.8 Å². The summed E-state index contributed by atoms with van der Waals surface area (Å²) < 4.78 is 13.1. The maximum absolute atomic E-state index is 13.1. The van der Waals surface area contributed by atoms with Crippen molar-refractivity contribution in [2.24, 2.45) is 0 Å². The molecule has 0 atom stereocenters. The summed E-state index contributed by atoms with van der Waals surface area (Å²) in [6.07, 6.45) is 2.88. The van der Waals surface area contributed by atoms with Crippen LogP contribution in [0.5, 0.6) is 0 Å². The summed E-state index contributed by atoms with van der Waals surface area (Å²) in [6, 6.07) is 4.23. The molecule has 2 nitrogen and oxygen atoms in total. The van der Waals surface area contributed by atoms with Gasteiger partial charge in [0.15, 0.2) is 0 Å². The minimum atomic E-state index is -0.394. The SMILES string of the molecule is Cc1ccc(F)cc1C(=O)NC1(CCl)CCC1. The van der Waals surface area contributed by atoms with Crippen LogP contribution in [-0.2, 0) is 0 Å². The molecule has 1 aromatic rings. The van der Waals surface area contributed by atoms with Crippen LogP contribution in [0.1, 0.15) is 35.2 Å². The van der Waals surface area contributed by atoms with Gasteiger partial charge in [0, 0.05) is 11.4 Å². The second-order valence-electron chi connectivity index (χ2n) is 4.68. The van der Waals surface area contributed by atoms with Crippen LogP contribution in [0, 0.1) is 12.7 Å². The minimum absolute atomic E-state index is 0.234. The van der Waals surface area contributed by atoms with Gasteiger partial charge in [-0.1, -0.05) is 6.07 Å². The van der Waals surface area contributed by atoms with Crippen molar-refractivity contribution in [3.8, 4) is 0 Å². The van der Waals surface area contributed by atoms with Gasteiger partial charge in [-0.05, 0) is 43.9 Å². The highest BCUT2D eigenvalue weighted by Gasteiger charge is 2.37. The van der Waals surface area contributed by atoms with E-state index in [-0.39, 0.29) is 11.4 Å². The van der Waals surface area contributed by atoms with Crippen molar-refractivity contribution in [1.29, 1.82) is 0 Å². The van der Waals surface area contributed by atoms with Gasteiger partial charge in [-0.2, -0.15) is 0 Å². The zero-order chi connectivity index (χ0) is 12.5. The summed E-state index contributed by atoms with van der Waals surface area (Å²) in [5.74, 6) is -0.218. The van der Waals surface area contributed by atoms with Crippen molar-refractivity contribution < 1.29 is 9.18 Å². The predicted octanol–water partition coefficient (Wildman–Crippen LogP) is 3.03. The van der Waals surface area contributed by atoms with Gasteiger partial charge in [0.05, 0.1) is 5.54 Å². The molecule has 1 saturated carbocycles. The number of hydrogen-bond acceptors (Lipinski definition) is 1. The van der Waals surface area contributed by atoms with Crippen molar-refractivity contribution in [2.45, 2.75) is 31.7 Å². The van der Waals surface area contributed by atoms with Crippen LogP contribution in [0.2, 0.25) is 0 Å². The van der Waals surface area contributed by atoms with E-state index in [2.05, 4.69) is 5.32 Å². The number of carbonyl (C=O) groups is 1. The van der Waals surface area contributed by atoms with Gasteiger partial charge in [0.2, 0.25) is 0 Å². The zero-order valence-corrected chi connectivity index (χ0v) is 10.5. The summed E-state index contributed by atoms with van der Waals surface area (Å²) in [5, 5.41) is 2.93. The normalized spacial score (nSPS) is 17.4. The molecule has 1 fully saturated rings. The van der Waals surface area contributed by atoms with Crippen LogP contribution in [0.25, 0.3) is 0 Å². The lowest BCUT2D eigenvalue weighted by molar-refractivity contribution is 0.0852. The smallest absolute Gasteiger partial charge is 0.252 e. The Hall–Kier alpha value is -1.09. The fourth-order valence-electron chi connectivity index (χ4n) is 2.04. The van der Waals surface area contributed by atoms with Gasteiger partial charge < -0.3 is 5.32 Å². The van der Waals surface area contributed by atoms with Gasteiger partial charge in [-0.3, -0.25) is 4.79 Å². The molecule has 2 rings (SSSR count). The number of benzene rings is 1. The number of nitrogens with one attached hydrogen (secondary N) is 1. The Morgan fingerprint density at radius 3 is 2.76 bits per heavy atom. The standard InChI is InChI=1S/C13H15ClFNO/c1-9-3-4-10(15)7-11(9)12(17)16-13(8-14)5-2-6-13/h3-4,7H,2,5-6,8H2,1H3,(H,16,17). The molecule has 0 aromatic heterocycles. The first-order valence-electron chi connectivity index (χ1n) is 5.71. The first-order valence-corrected chi connectivity index (χ1v) is 6.24. The molecule has 1 amide bonds. The monoisotopic (exact) mass is 255 g/mol. The molecule has 0 heterocycles. The quantitative estimate of drug-likeness (QED) is 0.827. The van der Waals surface area contributed by atoms with E-state index in [1.165, 1.54) is 12.1 Å². The maximum atomic E-state index is 13.1. The lowest BCUT2D eigenvalue weighted by Crippen LogP contribution is -2.55. The average Bonchev–Trinajstić information content (AvgIpc) is 2.26. The molecule has 0 spiro atoms. The van der Waals surface area contributed by atoms with Crippen molar-refractivity contribution >= 4 is 17.5 Å². The molecule has 92 valence electrons. The van der Waals surface area contributed by atoms with Crippen LogP contribution in [0.15, 0.2) is 18.2 Å². The first-order chi connectivity index (χ1) is 8.06.